The Morgan fingerprint density at radius 2 is 1.71 bits per heavy atom. The fourth-order valence-corrected chi connectivity index (χ4v) is 5.73. The summed E-state index contributed by atoms with van der Waals surface area (Å²) in [5.41, 5.74) is 2.12. The minimum Gasteiger partial charge on any atom is -0.493 e. The first kappa shape index (κ1) is 28.6. The van der Waals surface area contributed by atoms with Crippen LogP contribution in [0, 0.1) is 12.3 Å². The topological polar surface area (TPSA) is 118 Å². The lowest BCUT2D eigenvalue weighted by Gasteiger charge is -2.41. The van der Waals surface area contributed by atoms with Crippen molar-refractivity contribution in [2.75, 3.05) is 32.8 Å². The van der Waals surface area contributed by atoms with E-state index in [-0.39, 0.29) is 17.7 Å². The number of halogens is 1. The van der Waals surface area contributed by atoms with Gasteiger partial charge in [0.15, 0.2) is 0 Å². The van der Waals surface area contributed by atoms with E-state index in [1.165, 1.54) is 0 Å². The van der Waals surface area contributed by atoms with Crippen molar-refractivity contribution in [3.05, 3.63) is 70.8 Å². The predicted octanol–water partition coefficient (Wildman–Crippen LogP) is 3.95. The molecule has 3 heterocycles. The van der Waals surface area contributed by atoms with Crippen LogP contribution in [0.15, 0.2) is 49.1 Å². The van der Waals surface area contributed by atoms with Crippen molar-refractivity contribution in [3.8, 4) is 11.4 Å². The molecule has 0 radical (unpaired) electrons. The maximum absolute atomic E-state index is 13.5. The highest BCUT2D eigenvalue weighted by atomic mass is 35.5. The molecule has 10 nitrogen and oxygen atoms in total. The Bertz CT molecular complexity index is 1400. The van der Waals surface area contributed by atoms with Crippen molar-refractivity contribution >= 4 is 29.3 Å². The summed E-state index contributed by atoms with van der Waals surface area (Å²) in [5.74, 6) is 0.265. The van der Waals surface area contributed by atoms with E-state index in [1.807, 2.05) is 25.1 Å². The first-order valence-electron chi connectivity index (χ1n) is 14.1. The van der Waals surface area contributed by atoms with Crippen LogP contribution >= 0.6 is 11.6 Å². The van der Waals surface area contributed by atoms with Crippen LogP contribution in [0.1, 0.15) is 64.8 Å². The van der Waals surface area contributed by atoms with Gasteiger partial charge in [-0.2, -0.15) is 0 Å². The zero-order chi connectivity index (χ0) is 28.8. The third kappa shape index (κ3) is 6.53. The molecule has 1 spiro atoms. The number of nitrogens with zero attached hydrogens (tertiary/aromatic N) is 4. The SMILES string of the molecule is Cc1ccc2c(c1)OCCCNC(=O)C1(CCCCNC2=O)CCN(C(=O)c2cc(-n3cnnc3)ccc2Cl)CC1. The van der Waals surface area contributed by atoms with Crippen LogP contribution in [-0.4, -0.2) is 70.2 Å². The second-order valence-electron chi connectivity index (χ2n) is 10.8. The number of hydrogen-bond acceptors (Lipinski definition) is 6. The van der Waals surface area contributed by atoms with E-state index in [2.05, 4.69) is 20.8 Å². The maximum Gasteiger partial charge on any atom is 0.255 e. The summed E-state index contributed by atoms with van der Waals surface area (Å²) >= 11 is 6.43. The number of aromatic nitrogens is 3. The molecular weight excluding hydrogens is 544 g/mol. The van der Waals surface area contributed by atoms with Crippen LogP contribution in [0.25, 0.3) is 5.69 Å². The summed E-state index contributed by atoms with van der Waals surface area (Å²) in [6, 6.07) is 10.8. The van der Waals surface area contributed by atoms with E-state index in [4.69, 9.17) is 16.3 Å². The molecule has 216 valence electrons. The quantitative estimate of drug-likeness (QED) is 0.475. The molecule has 5 rings (SSSR count). The molecule has 2 aliphatic heterocycles. The van der Waals surface area contributed by atoms with Crippen molar-refractivity contribution in [2.24, 2.45) is 5.41 Å². The van der Waals surface area contributed by atoms with Crippen LogP contribution in [0.3, 0.4) is 0 Å². The number of piperidine rings is 1. The van der Waals surface area contributed by atoms with Gasteiger partial charge < -0.3 is 20.3 Å². The zero-order valence-electron chi connectivity index (χ0n) is 23.2. The maximum atomic E-state index is 13.5. The van der Waals surface area contributed by atoms with Gasteiger partial charge in [-0.05, 0) is 74.9 Å². The van der Waals surface area contributed by atoms with E-state index in [0.717, 1.165) is 24.1 Å². The molecule has 1 fully saturated rings. The highest BCUT2D eigenvalue weighted by molar-refractivity contribution is 6.33. The van der Waals surface area contributed by atoms with Gasteiger partial charge in [-0.15, -0.1) is 10.2 Å². The molecule has 0 aliphatic carbocycles. The molecule has 0 atom stereocenters. The van der Waals surface area contributed by atoms with Crippen LogP contribution in [-0.2, 0) is 4.79 Å². The number of hydrogen-bond donors (Lipinski definition) is 2. The van der Waals surface area contributed by atoms with Gasteiger partial charge >= 0.3 is 0 Å². The Balaban J connectivity index is 1.25. The molecule has 2 N–H and O–H groups in total. The van der Waals surface area contributed by atoms with Gasteiger partial charge in [-0.3, -0.25) is 19.0 Å². The number of benzene rings is 2. The standard InChI is InChI=1S/C30H35ClN6O4/c1-21-5-7-23-26(17-21)41-16-4-13-33-29(40)30(9-2-3-12-32-27(23)38)10-14-36(15-11-30)28(39)24-18-22(6-8-25(24)31)37-19-34-35-20-37/h5-8,17-20H,2-4,9-16H2,1H3,(H,32,38)(H,33,40). The van der Waals surface area contributed by atoms with Gasteiger partial charge in [0, 0.05) is 31.9 Å². The van der Waals surface area contributed by atoms with Crippen LogP contribution in [0.5, 0.6) is 5.75 Å². The fraction of sp³-hybridized carbons (Fsp3) is 0.433. The molecule has 3 amide bonds. The molecule has 1 saturated heterocycles. The summed E-state index contributed by atoms with van der Waals surface area (Å²) in [7, 11) is 0. The minimum absolute atomic E-state index is 0.0207. The first-order chi connectivity index (χ1) is 19.9. The van der Waals surface area contributed by atoms with E-state index in [1.54, 1.807) is 40.3 Å². The molecule has 0 unspecified atom stereocenters. The molecular formula is C30H35ClN6O4. The number of amides is 3. The van der Waals surface area contributed by atoms with Gasteiger partial charge in [0.1, 0.15) is 18.4 Å². The number of carbonyl (C=O) groups excluding carboxylic acids is 3. The highest BCUT2D eigenvalue weighted by Crippen LogP contribution is 2.38. The average Bonchev–Trinajstić information content (AvgIpc) is 3.52. The summed E-state index contributed by atoms with van der Waals surface area (Å²) in [5, 5.41) is 14.2. The number of carbonyl (C=O) groups is 3. The summed E-state index contributed by atoms with van der Waals surface area (Å²) < 4.78 is 7.65. The molecule has 3 aromatic rings. The van der Waals surface area contributed by atoms with Gasteiger partial charge in [0.05, 0.1) is 28.2 Å². The lowest BCUT2D eigenvalue weighted by atomic mass is 9.73. The number of fused-ring (bicyclic) bond motifs is 1. The number of ether oxygens (including phenoxy) is 1. The molecule has 0 bridgehead atoms. The number of rotatable bonds is 2. The monoisotopic (exact) mass is 578 g/mol. The molecule has 2 aromatic carbocycles. The Morgan fingerprint density at radius 1 is 0.951 bits per heavy atom. The van der Waals surface area contributed by atoms with E-state index in [9.17, 15) is 14.4 Å². The van der Waals surface area contributed by atoms with Crippen molar-refractivity contribution < 1.29 is 19.1 Å². The van der Waals surface area contributed by atoms with Gasteiger partial charge in [-0.1, -0.05) is 24.1 Å². The molecule has 11 heteroatoms. The number of aryl methyl sites for hydroxylation is 1. The van der Waals surface area contributed by atoms with Gasteiger partial charge in [0.25, 0.3) is 11.8 Å². The van der Waals surface area contributed by atoms with Crippen LogP contribution in [0.4, 0.5) is 0 Å². The third-order valence-corrected chi connectivity index (χ3v) is 8.33. The largest absolute Gasteiger partial charge is 0.493 e. The summed E-state index contributed by atoms with van der Waals surface area (Å²) in [6.45, 7) is 4.23. The van der Waals surface area contributed by atoms with E-state index < -0.39 is 5.41 Å². The molecule has 2 aliphatic rings. The van der Waals surface area contributed by atoms with Crippen LogP contribution in [0.2, 0.25) is 5.02 Å². The fourth-order valence-electron chi connectivity index (χ4n) is 5.54. The Kier molecular flexibility index (Phi) is 8.87. The lowest BCUT2D eigenvalue weighted by molar-refractivity contribution is -0.134. The lowest BCUT2D eigenvalue weighted by Crippen LogP contribution is -2.50. The number of likely N-dealkylation sites (tertiary alicyclic amines) is 1. The minimum atomic E-state index is -0.573. The van der Waals surface area contributed by atoms with Crippen molar-refractivity contribution in [1.29, 1.82) is 0 Å². The number of nitrogens with one attached hydrogen (secondary N) is 2. The second kappa shape index (κ2) is 12.7. The van der Waals surface area contributed by atoms with E-state index >= 15 is 0 Å². The first-order valence-corrected chi connectivity index (χ1v) is 14.5. The summed E-state index contributed by atoms with van der Waals surface area (Å²) in [4.78, 5) is 41.6. The second-order valence-corrected chi connectivity index (χ2v) is 11.2. The normalized spacial score (nSPS) is 18.3. The zero-order valence-corrected chi connectivity index (χ0v) is 24.0. The Labute approximate surface area is 244 Å². The van der Waals surface area contributed by atoms with Gasteiger partial charge in [0.2, 0.25) is 5.91 Å². The predicted molar refractivity (Wildman–Crippen MR) is 154 cm³/mol. The highest BCUT2D eigenvalue weighted by Gasteiger charge is 2.42. The van der Waals surface area contributed by atoms with Gasteiger partial charge in [-0.25, -0.2) is 0 Å². The Morgan fingerprint density at radius 3 is 2.49 bits per heavy atom. The summed E-state index contributed by atoms with van der Waals surface area (Å²) in [6.07, 6.45) is 7.07. The molecule has 41 heavy (non-hydrogen) atoms. The van der Waals surface area contributed by atoms with E-state index in [0.29, 0.717) is 80.4 Å². The Hall–Kier alpha value is -3.92. The van der Waals surface area contributed by atoms with Crippen molar-refractivity contribution in [1.82, 2.24) is 30.3 Å². The third-order valence-electron chi connectivity index (χ3n) is 8.00. The average molecular weight is 579 g/mol. The molecule has 1 aromatic heterocycles. The smallest absolute Gasteiger partial charge is 0.255 e. The van der Waals surface area contributed by atoms with Crippen molar-refractivity contribution in [2.45, 2.75) is 45.4 Å². The molecule has 0 saturated carbocycles. The van der Waals surface area contributed by atoms with Crippen molar-refractivity contribution in [3.63, 3.8) is 0 Å². The van der Waals surface area contributed by atoms with Crippen LogP contribution < -0.4 is 15.4 Å².